The number of hydrogen-bond acceptors (Lipinski definition) is 2. The average Bonchev–Trinajstić information content (AvgIpc) is 2.61. The number of nitrogens with two attached hydrogens (primary N) is 1. The maximum Gasteiger partial charge on any atom is 0.316 e. The lowest BCUT2D eigenvalue weighted by molar-refractivity contribution is 0.0940. The molecule has 3 aromatic carbocycles. The van der Waals surface area contributed by atoms with Crippen molar-refractivity contribution in [2.45, 2.75) is 13.0 Å². The van der Waals surface area contributed by atoms with Crippen molar-refractivity contribution in [1.29, 1.82) is 0 Å². The van der Waals surface area contributed by atoms with Crippen LogP contribution in [0.1, 0.15) is 28.9 Å². The highest BCUT2D eigenvalue weighted by molar-refractivity contribution is 5.96. The second-order valence-corrected chi connectivity index (χ2v) is 5.83. The van der Waals surface area contributed by atoms with Crippen molar-refractivity contribution in [3.63, 3.8) is 0 Å². The summed E-state index contributed by atoms with van der Waals surface area (Å²) in [4.78, 5) is 23.3. The van der Waals surface area contributed by atoms with E-state index in [9.17, 15) is 9.59 Å². The van der Waals surface area contributed by atoms with Crippen LogP contribution in [-0.4, -0.2) is 11.9 Å². The van der Waals surface area contributed by atoms with Gasteiger partial charge in [0.25, 0.3) is 5.91 Å². The Morgan fingerprint density at radius 1 is 0.920 bits per heavy atom. The third-order valence-electron chi connectivity index (χ3n) is 4.05. The van der Waals surface area contributed by atoms with Crippen LogP contribution in [0.3, 0.4) is 0 Å². The Labute approximate surface area is 145 Å². The zero-order valence-electron chi connectivity index (χ0n) is 13.8. The fraction of sp³-hybridized carbons (Fsp3) is 0.100. The zero-order chi connectivity index (χ0) is 17.8. The molecule has 0 radical (unpaired) electrons. The lowest BCUT2D eigenvalue weighted by Crippen LogP contribution is -2.26. The highest BCUT2D eigenvalue weighted by Gasteiger charge is 2.13. The first-order valence-electron chi connectivity index (χ1n) is 7.99. The zero-order valence-corrected chi connectivity index (χ0v) is 13.8. The maximum absolute atomic E-state index is 12.5. The van der Waals surface area contributed by atoms with Crippen LogP contribution in [0.15, 0.2) is 66.7 Å². The minimum atomic E-state index is -0.637. The lowest BCUT2D eigenvalue weighted by Gasteiger charge is -2.17. The Bertz CT molecular complexity index is 914. The van der Waals surface area contributed by atoms with E-state index >= 15 is 0 Å². The van der Waals surface area contributed by atoms with Gasteiger partial charge in [0.05, 0.1) is 6.04 Å². The van der Waals surface area contributed by atoms with Crippen LogP contribution in [0.25, 0.3) is 10.8 Å². The van der Waals surface area contributed by atoms with Gasteiger partial charge in [0.2, 0.25) is 0 Å². The number of urea groups is 1. The second kappa shape index (κ2) is 7.05. The molecule has 0 heterocycles. The van der Waals surface area contributed by atoms with Crippen LogP contribution in [-0.2, 0) is 0 Å². The molecule has 0 aliphatic heterocycles. The third-order valence-corrected chi connectivity index (χ3v) is 4.05. The number of benzene rings is 3. The standard InChI is InChI=1S/C20H19N3O2/c1-13(17-8-4-6-14-5-2-3-7-18(14)17)22-19(24)15-9-11-16(12-10-15)23-20(21)25/h2-13H,1H3,(H,22,24)(H3,21,23,25)/t13-/m0/s1. The average molecular weight is 333 g/mol. The summed E-state index contributed by atoms with van der Waals surface area (Å²) in [6.45, 7) is 1.96. The molecule has 25 heavy (non-hydrogen) atoms. The van der Waals surface area contributed by atoms with Crippen molar-refractivity contribution < 1.29 is 9.59 Å². The Balaban J connectivity index is 1.77. The van der Waals surface area contributed by atoms with Crippen molar-refractivity contribution in [2.24, 2.45) is 5.73 Å². The molecule has 0 unspecified atom stereocenters. The van der Waals surface area contributed by atoms with Crippen LogP contribution in [0.5, 0.6) is 0 Å². The number of primary amides is 1. The van der Waals surface area contributed by atoms with Gasteiger partial charge in [0, 0.05) is 11.3 Å². The summed E-state index contributed by atoms with van der Waals surface area (Å²) in [6.07, 6.45) is 0. The minimum absolute atomic E-state index is 0.137. The Morgan fingerprint density at radius 3 is 2.32 bits per heavy atom. The number of hydrogen-bond donors (Lipinski definition) is 3. The normalized spacial score (nSPS) is 11.7. The molecule has 126 valence electrons. The highest BCUT2D eigenvalue weighted by Crippen LogP contribution is 2.24. The molecule has 1 atom stereocenters. The molecule has 0 spiro atoms. The van der Waals surface area contributed by atoms with Gasteiger partial charge < -0.3 is 16.4 Å². The quantitative estimate of drug-likeness (QED) is 0.678. The van der Waals surface area contributed by atoms with Gasteiger partial charge in [0.1, 0.15) is 0 Å². The third kappa shape index (κ3) is 3.77. The predicted molar refractivity (Wildman–Crippen MR) is 99.5 cm³/mol. The summed E-state index contributed by atoms with van der Waals surface area (Å²) in [5.74, 6) is -0.175. The molecule has 5 nitrogen and oxygen atoms in total. The first-order valence-corrected chi connectivity index (χ1v) is 7.99. The van der Waals surface area contributed by atoms with E-state index in [1.807, 2.05) is 31.2 Å². The molecule has 5 heteroatoms. The number of rotatable bonds is 4. The molecule has 0 fully saturated rings. The number of anilines is 1. The number of nitrogens with one attached hydrogen (secondary N) is 2. The topological polar surface area (TPSA) is 84.2 Å². The van der Waals surface area contributed by atoms with E-state index in [0.717, 1.165) is 16.3 Å². The first kappa shape index (κ1) is 16.5. The largest absolute Gasteiger partial charge is 0.351 e. The summed E-state index contributed by atoms with van der Waals surface area (Å²) in [5, 5.41) is 7.74. The number of fused-ring (bicyclic) bond motifs is 1. The first-order chi connectivity index (χ1) is 12.0. The van der Waals surface area contributed by atoms with Crippen molar-refractivity contribution in [3.8, 4) is 0 Å². The summed E-state index contributed by atoms with van der Waals surface area (Å²) >= 11 is 0. The smallest absolute Gasteiger partial charge is 0.316 e. The van der Waals surface area contributed by atoms with Gasteiger partial charge in [-0.3, -0.25) is 4.79 Å². The summed E-state index contributed by atoms with van der Waals surface area (Å²) in [7, 11) is 0. The molecule has 0 aliphatic rings. The fourth-order valence-corrected chi connectivity index (χ4v) is 2.83. The van der Waals surface area contributed by atoms with Crippen LogP contribution >= 0.6 is 0 Å². The summed E-state index contributed by atoms with van der Waals surface area (Å²) in [5.41, 5.74) is 7.20. The highest BCUT2D eigenvalue weighted by atomic mass is 16.2. The van der Waals surface area contributed by atoms with E-state index in [0.29, 0.717) is 11.3 Å². The Kier molecular flexibility index (Phi) is 4.66. The monoisotopic (exact) mass is 333 g/mol. The SMILES string of the molecule is C[C@H](NC(=O)c1ccc(NC(N)=O)cc1)c1cccc2ccccc12. The minimum Gasteiger partial charge on any atom is -0.351 e. The molecule has 0 aromatic heterocycles. The van der Waals surface area contributed by atoms with Gasteiger partial charge in [-0.15, -0.1) is 0 Å². The van der Waals surface area contributed by atoms with E-state index < -0.39 is 6.03 Å². The maximum atomic E-state index is 12.5. The number of carbonyl (C=O) groups is 2. The number of amides is 3. The van der Waals surface area contributed by atoms with Gasteiger partial charge >= 0.3 is 6.03 Å². The van der Waals surface area contributed by atoms with Crippen molar-refractivity contribution >= 4 is 28.4 Å². The van der Waals surface area contributed by atoms with Crippen LogP contribution in [0, 0.1) is 0 Å². The van der Waals surface area contributed by atoms with E-state index in [4.69, 9.17) is 5.73 Å². The Hall–Kier alpha value is -3.34. The Morgan fingerprint density at radius 2 is 1.60 bits per heavy atom. The number of carbonyl (C=O) groups excluding carboxylic acids is 2. The fourth-order valence-electron chi connectivity index (χ4n) is 2.83. The molecule has 0 aliphatic carbocycles. The van der Waals surface area contributed by atoms with E-state index in [-0.39, 0.29) is 11.9 Å². The van der Waals surface area contributed by atoms with Gasteiger partial charge in [0.15, 0.2) is 0 Å². The van der Waals surface area contributed by atoms with Crippen LogP contribution < -0.4 is 16.4 Å². The molecule has 3 rings (SSSR count). The van der Waals surface area contributed by atoms with Crippen LogP contribution in [0.4, 0.5) is 10.5 Å². The molecular formula is C20H19N3O2. The van der Waals surface area contributed by atoms with Crippen molar-refractivity contribution in [3.05, 3.63) is 77.9 Å². The van der Waals surface area contributed by atoms with Crippen molar-refractivity contribution in [2.75, 3.05) is 5.32 Å². The van der Waals surface area contributed by atoms with Crippen LogP contribution in [0.2, 0.25) is 0 Å². The molecular weight excluding hydrogens is 314 g/mol. The molecule has 0 bridgehead atoms. The molecule has 3 aromatic rings. The second-order valence-electron chi connectivity index (χ2n) is 5.83. The molecule has 0 saturated carbocycles. The summed E-state index contributed by atoms with van der Waals surface area (Å²) < 4.78 is 0. The van der Waals surface area contributed by atoms with E-state index in [1.54, 1.807) is 24.3 Å². The lowest BCUT2D eigenvalue weighted by atomic mass is 9.99. The summed E-state index contributed by atoms with van der Waals surface area (Å²) in [6, 6.07) is 20.0. The predicted octanol–water partition coefficient (Wildman–Crippen LogP) is 3.82. The van der Waals surface area contributed by atoms with Crippen molar-refractivity contribution in [1.82, 2.24) is 5.32 Å². The van der Waals surface area contributed by atoms with Gasteiger partial charge in [-0.1, -0.05) is 42.5 Å². The molecule has 4 N–H and O–H groups in total. The van der Waals surface area contributed by atoms with Gasteiger partial charge in [-0.05, 0) is 47.5 Å². The van der Waals surface area contributed by atoms with E-state index in [2.05, 4.69) is 28.8 Å². The van der Waals surface area contributed by atoms with E-state index in [1.165, 1.54) is 0 Å². The van der Waals surface area contributed by atoms with Gasteiger partial charge in [-0.2, -0.15) is 0 Å². The van der Waals surface area contributed by atoms with Gasteiger partial charge in [-0.25, -0.2) is 4.79 Å². The molecule has 0 saturated heterocycles. The molecule has 3 amide bonds.